The monoisotopic (exact) mass is 806 g/mol. The third-order valence-electron chi connectivity index (χ3n) is 10.3. The van der Waals surface area contributed by atoms with Crippen LogP contribution in [-0.2, 0) is 23.2 Å². The van der Waals surface area contributed by atoms with Crippen LogP contribution in [0.25, 0.3) is 22.3 Å². The Morgan fingerprint density at radius 2 is 1.43 bits per heavy atom. The number of carbonyl (C=O) groups is 1. The van der Waals surface area contributed by atoms with Gasteiger partial charge in [-0.1, -0.05) is 140 Å². The van der Waals surface area contributed by atoms with Crippen LogP contribution in [0.4, 0.5) is 0 Å². The summed E-state index contributed by atoms with van der Waals surface area (Å²) in [5.41, 5.74) is 14.1. The van der Waals surface area contributed by atoms with Gasteiger partial charge in [0.15, 0.2) is 11.5 Å². The standard InChI is InChI=1S/C46H43BrN6O3/c1-4-6-26-40-48-31(3)42(45(54)55-5-2)52(40)30-32-27-28-39-38(29-32)41(47)43(56-39)36-24-16-17-25-37(36)44-49-51-53(50-44)46(33-18-10-7-11-19-33,34-20-12-8-13-21-34)35-22-14-9-15-23-35/h7-25,27-29,51H,4-6,26,30H2,1-3H3,(H,49,50). The van der Waals surface area contributed by atoms with Gasteiger partial charge in [0.2, 0.25) is 0 Å². The molecule has 10 heteroatoms. The zero-order chi connectivity index (χ0) is 38.6. The summed E-state index contributed by atoms with van der Waals surface area (Å²) in [4.78, 5) is 17.9. The summed E-state index contributed by atoms with van der Waals surface area (Å²) >= 11 is 3.92. The first kappa shape index (κ1) is 37.0. The molecule has 0 aliphatic carbocycles. The van der Waals surface area contributed by atoms with E-state index in [0.29, 0.717) is 36.1 Å². The van der Waals surface area contributed by atoms with E-state index in [1.165, 1.54) is 0 Å². The Labute approximate surface area is 335 Å². The summed E-state index contributed by atoms with van der Waals surface area (Å²) < 4.78 is 14.9. The Morgan fingerprint density at radius 1 is 0.821 bits per heavy atom. The van der Waals surface area contributed by atoms with Crippen LogP contribution in [0.15, 0.2) is 147 Å². The van der Waals surface area contributed by atoms with Gasteiger partial charge in [0.25, 0.3) is 0 Å². The van der Waals surface area contributed by atoms with Gasteiger partial charge < -0.3 is 13.7 Å². The molecule has 56 heavy (non-hydrogen) atoms. The van der Waals surface area contributed by atoms with Crippen molar-refractivity contribution in [1.29, 1.82) is 0 Å². The van der Waals surface area contributed by atoms with Crippen molar-refractivity contribution in [3.05, 3.63) is 183 Å². The number of hydrogen-bond donors (Lipinski definition) is 2. The molecule has 0 spiro atoms. The van der Waals surface area contributed by atoms with E-state index >= 15 is 0 Å². The average molecular weight is 808 g/mol. The molecule has 8 rings (SSSR count). The summed E-state index contributed by atoms with van der Waals surface area (Å²) in [6.45, 7) is 6.63. The Bertz CT molecular complexity index is 2420. The van der Waals surface area contributed by atoms with E-state index in [1.54, 1.807) is 0 Å². The van der Waals surface area contributed by atoms with Gasteiger partial charge in [0, 0.05) is 29.5 Å². The lowest BCUT2D eigenvalue weighted by atomic mass is 9.77. The van der Waals surface area contributed by atoms with E-state index in [1.807, 2.05) is 78.1 Å². The highest BCUT2D eigenvalue weighted by molar-refractivity contribution is 9.10. The number of imidazole rings is 1. The van der Waals surface area contributed by atoms with Crippen molar-refractivity contribution in [2.24, 2.45) is 5.10 Å². The lowest BCUT2D eigenvalue weighted by Crippen LogP contribution is -2.57. The number of unbranched alkanes of at least 4 members (excludes halogenated alkanes) is 1. The third kappa shape index (κ3) is 6.69. The summed E-state index contributed by atoms with van der Waals surface area (Å²) in [5.74, 6) is 1.86. The van der Waals surface area contributed by atoms with Gasteiger partial charge in [0.1, 0.15) is 22.7 Å². The number of hydrazone groups is 1. The molecule has 1 aliphatic rings. The average Bonchev–Trinajstić information content (AvgIpc) is 3.94. The topological polar surface area (TPSA) is 96.9 Å². The van der Waals surface area contributed by atoms with Gasteiger partial charge in [-0.15, -0.1) is 5.10 Å². The molecule has 2 N–H and O–H groups in total. The maximum Gasteiger partial charge on any atom is 0.356 e. The molecule has 0 unspecified atom stereocenters. The number of nitrogens with zero attached hydrogens (tertiary/aromatic N) is 4. The summed E-state index contributed by atoms with van der Waals surface area (Å²) in [7, 11) is 0. The molecule has 0 amide bonds. The lowest BCUT2D eigenvalue weighted by molar-refractivity contribution is 0.0513. The minimum Gasteiger partial charge on any atom is -0.461 e. The van der Waals surface area contributed by atoms with E-state index in [0.717, 1.165) is 73.9 Å². The normalized spacial score (nSPS) is 13.0. The van der Waals surface area contributed by atoms with Crippen LogP contribution in [0.5, 0.6) is 0 Å². The molecular formula is C46H43BrN6O3. The second kappa shape index (κ2) is 16.0. The molecule has 0 radical (unpaired) electrons. The zero-order valence-corrected chi connectivity index (χ0v) is 33.2. The number of halogens is 1. The largest absolute Gasteiger partial charge is 0.461 e. The first-order chi connectivity index (χ1) is 27.4. The highest BCUT2D eigenvalue weighted by atomic mass is 79.9. The second-order valence-corrected chi connectivity index (χ2v) is 14.6. The van der Waals surface area contributed by atoms with E-state index in [2.05, 4.69) is 113 Å². The molecule has 5 aromatic carbocycles. The summed E-state index contributed by atoms with van der Waals surface area (Å²) in [6.07, 6.45) is 2.79. The summed E-state index contributed by atoms with van der Waals surface area (Å²) in [5, 5.41) is 7.81. The minimum absolute atomic E-state index is 0.301. The second-order valence-electron chi connectivity index (χ2n) is 13.8. The highest BCUT2D eigenvalue weighted by Gasteiger charge is 2.45. The van der Waals surface area contributed by atoms with Crippen LogP contribution in [0.3, 0.4) is 0 Å². The van der Waals surface area contributed by atoms with Crippen molar-refractivity contribution < 1.29 is 13.9 Å². The number of hydrazine groups is 2. The van der Waals surface area contributed by atoms with Gasteiger partial charge in [0.05, 0.1) is 16.8 Å². The quantitative estimate of drug-likeness (QED) is 0.0885. The third-order valence-corrected chi connectivity index (χ3v) is 11.1. The number of ether oxygens (including phenoxy) is 1. The van der Waals surface area contributed by atoms with E-state index in [-0.39, 0.29) is 5.97 Å². The molecule has 282 valence electrons. The van der Waals surface area contributed by atoms with Crippen molar-refractivity contribution in [2.45, 2.75) is 52.1 Å². The number of aromatic nitrogens is 2. The van der Waals surface area contributed by atoms with Crippen molar-refractivity contribution in [3.63, 3.8) is 0 Å². The van der Waals surface area contributed by atoms with Gasteiger partial charge in [-0.25, -0.2) is 15.3 Å². The maximum absolute atomic E-state index is 13.1. The van der Waals surface area contributed by atoms with Crippen LogP contribution in [0.2, 0.25) is 0 Å². The zero-order valence-electron chi connectivity index (χ0n) is 31.6. The number of furan rings is 1. The van der Waals surface area contributed by atoms with Crippen molar-refractivity contribution in [2.75, 3.05) is 6.61 Å². The smallest absolute Gasteiger partial charge is 0.356 e. The van der Waals surface area contributed by atoms with Crippen LogP contribution in [-0.4, -0.2) is 33.1 Å². The number of hydrogen-bond acceptors (Lipinski definition) is 8. The van der Waals surface area contributed by atoms with E-state index < -0.39 is 5.54 Å². The first-order valence-corrected chi connectivity index (χ1v) is 19.8. The number of esters is 1. The number of fused-ring (bicyclic) bond motifs is 1. The van der Waals surface area contributed by atoms with Crippen LogP contribution in [0, 0.1) is 6.92 Å². The predicted molar refractivity (Wildman–Crippen MR) is 224 cm³/mol. The molecule has 9 nitrogen and oxygen atoms in total. The van der Waals surface area contributed by atoms with Crippen LogP contribution >= 0.6 is 15.9 Å². The molecule has 0 saturated carbocycles. The molecule has 0 saturated heterocycles. The molecule has 7 aromatic rings. The Kier molecular flexibility index (Phi) is 10.6. The Hall–Kier alpha value is -5.97. The van der Waals surface area contributed by atoms with Crippen LogP contribution in [0.1, 0.15) is 76.5 Å². The molecule has 0 fully saturated rings. The molecule has 3 heterocycles. The fourth-order valence-corrected chi connectivity index (χ4v) is 8.31. The summed E-state index contributed by atoms with van der Waals surface area (Å²) in [6, 6.07) is 45.6. The number of nitrogens with one attached hydrogen (secondary N) is 2. The van der Waals surface area contributed by atoms with Gasteiger partial charge >= 0.3 is 5.97 Å². The molecular weight excluding hydrogens is 764 g/mol. The van der Waals surface area contributed by atoms with Crippen molar-refractivity contribution in [3.8, 4) is 11.3 Å². The number of carbonyl (C=O) groups excluding carboxylic acids is 1. The Morgan fingerprint density at radius 3 is 2.04 bits per heavy atom. The number of amidine groups is 1. The number of aryl methyl sites for hydroxylation is 2. The van der Waals surface area contributed by atoms with Crippen molar-refractivity contribution in [1.82, 2.24) is 25.6 Å². The SMILES string of the molecule is CCCCc1nc(C)c(C(=O)OCC)n1Cc1ccc2oc(-c3ccccc3C3=NNN(C(c4ccccc4)(c4ccccc4)c4ccccc4)N3)c(Br)c2c1. The van der Waals surface area contributed by atoms with Crippen molar-refractivity contribution >= 4 is 38.7 Å². The molecule has 0 atom stereocenters. The van der Waals surface area contributed by atoms with E-state index in [4.69, 9.17) is 19.2 Å². The lowest BCUT2D eigenvalue weighted by Gasteiger charge is -2.42. The number of rotatable bonds is 13. The Balaban J connectivity index is 1.16. The molecule has 0 bridgehead atoms. The minimum atomic E-state index is -0.794. The number of benzene rings is 5. The van der Waals surface area contributed by atoms with Gasteiger partial charge in [-0.05, 0) is 70.6 Å². The maximum atomic E-state index is 13.1. The fourth-order valence-electron chi connectivity index (χ4n) is 7.70. The van der Waals surface area contributed by atoms with Gasteiger partial charge in [-0.2, -0.15) is 0 Å². The van der Waals surface area contributed by atoms with Crippen LogP contribution < -0.4 is 11.0 Å². The highest BCUT2D eigenvalue weighted by Crippen LogP contribution is 2.43. The molecule has 1 aliphatic heterocycles. The first-order valence-electron chi connectivity index (χ1n) is 19.0. The predicted octanol–water partition coefficient (Wildman–Crippen LogP) is 9.91. The van der Waals surface area contributed by atoms with E-state index in [9.17, 15) is 4.79 Å². The van der Waals surface area contributed by atoms with Gasteiger partial charge in [-0.3, -0.25) is 5.43 Å². The fraction of sp³-hybridized carbons (Fsp3) is 0.196. The molecule has 2 aromatic heterocycles.